The van der Waals surface area contributed by atoms with Crippen LogP contribution < -0.4 is 10.2 Å². The normalized spacial score (nSPS) is 17.7. The van der Waals surface area contributed by atoms with Gasteiger partial charge in [0.1, 0.15) is 6.04 Å². The molecule has 2 N–H and O–H groups in total. The molecule has 7 heteroatoms. The van der Waals surface area contributed by atoms with Crippen molar-refractivity contribution in [2.75, 3.05) is 4.90 Å². The highest BCUT2D eigenvalue weighted by Gasteiger charge is 2.42. The number of aromatic nitrogens is 2. The lowest BCUT2D eigenvalue weighted by atomic mass is 10.0. The molecule has 6 nitrogen and oxygen atoms in total. The number of hydrogen-bond donors (Lipinski definition) is 2. The van der Waals surface area contributed by atoms with Gasteiger partial charge in [-0.1, -0.05) is 24.3 Å². The molecule has 2 aromatic heterocycles. The lowest BCUT2D eigenvalue weighted by Crippen LogP contribution is -2.30. The number of carboxylic acids is 1. The number of aromatic carboxylic acids is 1. The van der Waals surface area contributed by atoms with Crippen molar-refractivity contribution in [3.05, 3.63) is 114 Å². The zero-order valence-corrected chi connectivity index (χ0v) is 18.7. The summed E-state index contributed by atoms with van der Waals surface area (Å²) in [5.41, 5.74) is 5.00. The van der Waals surface area contributed by atoms with Crippen molar-refractivity contribution in [1.82, 2.24) is 14.9 Å². The number of anilines is 1. The summed E-state index contributed by atoms with van der Waals surface area (Å²) >= 11 is 5.81. The van der Waals surface area contributed by atoms with Crippen LogP contribution in [0.3, 0.4) is 0 Å². The van der Waals surface area contributed by atoms with Gasteiger partial charge in [0.2, 0.25) is 0 Å². The first-order chi connectivity index (χ1) is 16.0. The molecule has 33 heavy (non-hydrogen) atoms. The number of rotatable bonds is 5. The molecule has 1 aliphatic rings. The molecule has 0 bridgehead atoms. The van der Waals surface area contributed by atoms with E-state index in [1.54, 1.807) is 24.4 Å². The van der Waals surface area contributed by atoms with Crippen LogP contribution in [0.4, 0.5) is 5.69 Å². The van der Waals surface area contributed by atoms with Crippen molar-refractivity contribution in [3.63, 3.8) is 0 Å². The average Bonchev–Trinajstić information content (AvgIpc) is 3.44. The Hall–Kier alpha value is -3.97. The molecule has 0 amide bonds. The van der Waals surface area contributed by atoms with Gasteiger partial charge in [-0.15, -0.1) is 0 Å². The minimum Gasteiger partial charge on any atom is -0.478 e. The minimum atomic E-state index is -0.956. The number of hydrogen-bond acceptors (Lipinski definition) is 3. The zero-order chi connectivity index (χ0) is 22.9. The maximum absolute atomic E-state index is 11.6. The van der Waals surface area contributed by atoms with Gasteiger partial charge in [-0.2, -0.15) is 0 Å². The first-order valence-corrected chi connectivity index (χ1v) is 11.0. The second kappa shape index (κ2) is 8.52. The van der Waals surface area contributed by atoms with Crippen molar-refractivity contribution < 1.29 is 9.90 Å². The Bertz CT molecular complexity index is 1330. The van der Waals surface area contributed by atoms with Crippen LogP contribution >= 0.6 is 12.2 Å². The second-order valence-corrected chi connectivity index (χ2v) is 8.38. The monoisotopic (exact) mass is 454 g/mol. The molecule has 1 fully saturated rings. The fourth-order valence-electron chi connectivity index (χ4n) is 4.37. The van der Waals surface area contributed by atoms with E-state index in [0.717, 1.165) is 28.3 Å². The lowest BCUT2D eigenvalue weighted by Gasteiger charge is -2.29. The Morgan fingerprint density at radius 3 is 2.58 bits per heavy atom. The highest BCUT2D eigenvalue weighted by Crippen LogP contribution is 2.42. The number of thiocarbonyl (C=S) groups is 1. The first kappa shape index (κ1) is 20.9. The molecule has 4 aromatic rings. The van der Waals surface area contributed by atoms with Crippen LogP contribution in [0.5, 0.6) is 0 Å². The lowest BCUT2D eigenvalue weighted by molar-refractivity contribution is 0.0697. The van der Waals surface area contributed by atoms with Crippen molar-refractivity contribution in [3.8, 4) is 5.69 Å². The van der Waals surface area contributed by atoms with E-state index in [4.69, 9.17) is 12.2 Å². The number of benzene rings is 2. The van der Waals surface area contributed by atoms with Crippen LogP contribution in [-0.4, -0.2) is 25.7 Å². The topological polar surface area (TPSA) is 70.4 Å². The largest absolute Gasteiger partial charge is 0.478 e. The third kappa shape index (κ3) is 3.87. The van der Waals surface area contributed by atoms with Gasteiger partial charge < -0.3 is 19.9 Å². The van der Waals surface area contributed by atoms with Crippen molar-refractivity contribution >= 4 is 29.0 Å². The van der Waals surface area contributed by atoms with Gasteiger partial charge in [0.25, 0.3) is 0 Å². The average molecular weight is 455 g/mol. The molecule has 0 unspecified atom stereocenters. The van der Waals surface area contributed by atoms with Gasteiger partial charge in [0.05, 0.1) is 17.3 Å². The van der Waals surface area contributed by atoms with Gasteiger partial charge in [0, 0.05) is 29.5 Å². The molecule has 2 aromatic carbocycles. The Labute approximate surface area is 197 Å². The number of carboxylic acid groups (broad SMARTS) is 1. The molecule has 1 aliphatic heterocycles. The highest BCUT2D eigenvalue weighted by molar-refractivity contribution is 7.80. The highest BCUT2D eigenvalue weighted by atomic mass is 32.1. The zero-order valence-electron chi connectivity index (χ0n) is 17.9. The first-order valence-electron chi connectivity index (χ1n) is 10.6. The van der Waals surface area contributed by atoms with Crippen LogP contribution in [0.1, 0.15) is 39.4 Å². The van der Waals surface area contributed by atoms with E-state index in [-0.39, 0.29) is 17.6 Å². The number of nitrogens with zero attached hydrogens (tertiary/aromatic N) is 3. The molecule has 0 saturated carbocycles. The summed E-state index contributed by atoms with van der Waals surface area (Å²) < 4.78 is 2.02. The van der Waals surface area contributed by atoms with Gasteiger partial charge >= 0.3 is 5.97 Å². The van der Waals surface area contributed by atoms with E-state index in [0.29, 0.717) is 5.11 Å². The van der Waals surface area contributed by atoms with Crippen molar-refractivity contribution in [2.24, 2.45) is 0 Å². The predicted molar refractivity (Wildman–Crippen MR) is 132 cm³/mol. The van der Waals surface area contributed by atoms with Crippen LogP contribution in [-0.2, 0) is 0 Å². The third-order valence-electron chi connectivity index (χ3n) is 5.83. The quantitative estimate of drug-likeness (QED) is 0.411. The number of carbonyl (C=O) groups is 1. The van der Waals surface area contributed by atoms with Gasteiger partial charge in [-0.05, 0) is 79.3 Å². The summed E-state index contributed by atoms with van der Waals surface area (Å²) in [7, 11) is 0. The Morgan fingerprint density at radius 1 is 1.00 bits per heavy atom. The molecule has 0 radical (unpaired) electrons. The Balaban J connectivity index is 1.67. The number of aryl methyl sites for hydroxylation is 1. The molecule has 5 rings (SSSR count). The summed E-state index contributed by atoms with van der Waals surface area (Å²) in [4.78, 5) is 18.3. The summed E-state index contributed by atoms with van der Waals surface area (Å²) in [5.74, 6) is -0.956. The van der Waals surface area contributed by atoms with Gasteiger partial charge in [-0.25, -0.2) is 4.79 Å². The Kier molecular flexibility index (Phi) is 5.40. The third-order valence-corrected chi connectivity index (χ3v) is 6.15. The fraction of sp³-hybridized carbons (Fsp3) is 0.115. The molecule has 0 aliphatic carbocycles. The summed E-state index contributed by atoms with van der Waals surface area (Å²) in [6, 6.07) is 24.7. The molecular weight excluding hydrogens is 432 g/mol. The van der Waals surface area contributed by atoms with Crippen LogP contribution in [0, 0.1) is 6.92 Å². The van der Waals surface area contributed by atoms with E-state index in [9.17, 15) is 9.90 Å². The summed E-state index contributed by atoms with van der Waals surface area (Å²) in [5, 5.41) is 13.6. The smallest absolute Gasteiger partial charge is 0.335 e. The van der Waals surface area contributed by atoms with E-state index in [1.165, 1.54) is 0 Å². The van der Waals surface area contributed by atoms with E-state index in [1.807, 2.05) is 59.3 Å². The predicted octanol–water partition coefficient (Wildman–Crippen LogP) is 5.06. The SMILES string of the molecule is Cc1cccc(N2C(=S)N[C@H](c3ccccn3)[C@H]2c2cccn2-c2cccc(C(=O)O)c2)c1. The maximum Gasteiger partial charge on any atom is 0.335 e. The number of pyridine rings is 1. The Morgan fingerprint density at radius 2 is 1.82 bits per heavy atom. The van der Waals surface area contributed by atoms with Gasteiger partial charge in [0.15, 0.2) is 5.11 Å². The second-order valence-electron chi connectivity index (χ2n) is 7.99. The molecule has 0 spiro atoms. The fourth-order valence-corrected chi connectivity index (χ4v) is 4.72. The minimum absolute atomic E-state index is 0.185. The van der Waals surface area contributed by atoms with Gasteiger partial charge in [-0.3, -0.25) is 4.98 Å². The molecule has 2 atom stereocenters. The molecule has 164 valence electrons. The van der Waals surface area contributed by atoms with Crippen LogP contribution in [0.15, 0.2) is 91.3 Å². The molecule has 3 heterocycles. The summed E-state index contributed by atoms with van der Waals surface area (Å²) in [6.07, 6.45) is 3.73. The maximum atomic E-state index is 11.6. The van der Waals surface area contributed by atoms with E-state index >= 15 is 0 Å². The van der Waals surface area contributed by atoms with E-state index in [2.05, 4.69) is 34.3 Å². The number of nitrogens with one attached hydrogen (secondary N) is 1. The van der Waals surface area contributed by atoms with Crippen molar-refractivity contribution in [1.29, 1.82) is 0 Å². The van der Waals surface area contributed by atoms with Crippen LogP contribution in [0.25, 0.3) is 5.69 Å². The standard InChI is InChI=1S/C26H22N4O2S/c1-17-7-4-10-20(15-17)30-24(23(28-26(30)33)21-11-2-3-13-27-21)22-12-6-14-29(22)19-9-5-8-18(16-19)25(31)32/h2-16,23-24H,1H3,(H,28,33)(H,31,32)/t23-,24-/m1/s1. The summed E-state index contributed by atoms with van der Waals surface area (Å²) in [6.45, 7) is 2.06. The molecular formula is C26H22N4O2S. The van der Waals surface area contributed by atoms with Crippen molar-refractivity contribution in [2.45, 2.75) is 19.0 Å². The van der Waals surface area contributed by atoms with E-state index < -0.39 is 5.97 Å². The van der Waals surface area contributed by atoms with Crippen LogP contribution in [0.2, 0.25) is 0 Å². The molecule has 1 saturated heterocycles.